The van der Waals surface area contributed by atoms with Crippen LogP contribution in [0, 0.1) is 0 Å². The van der Waals surface area contributed by atoms with Crippen LogP contribution in [0.5, 0.6) is 0 Å². The third-order valence-electron chi connectivity index (χ3n) is 2.18. The zero-order valence-corrected chi connectivity index (χ0v) is 7.33. The van der Waals surface area contributed by atoms with Crippen LogP contribution < -0.4 is 0 Å². The molecule has 0 radical (unpaired) electrons. The van der Waals surface area contributed by atoms with Gasteiger partial charge in [0.25, 0.3) is 0 Å². The lowest BCUT2D eigenvalue weighted by molar-refractivity contribution is -0.191. The van der Waals surface area contributed by atoms with Crippen LogP contribution in [0.3, 0.4) is 0 Å². The molecule has 0 unspecified atom stereocenters. The Labute approximate surface area is 67.3 Å². The minimum atomic E-state index is -0.385. The predicted molar refractivity (Wildman–Crippen MR) is 41.5 cm³/mol. The van der Waals surface area contributed by atoms with Gasteiger partial charge in [-0.1, -0.05) is 0 Å². The van der Waals surface area contributed by atoms with Gasteiger partial charge in [-0.3, -0.25) is 0 Å². The van der Waals surface area contributed by atoms with Crippen LogP contribution in [-0.4, -0.2) is 36.6 Å². The molecule has 3 heteroatoms. The van der Waals surface area contributed by atoms with Gasteiger partial charge in [0.1, 0.15) is 6.10 Å². The summed E-state index contributed by atoms with van der Waals surface area (Å²) in [6.07, 6.45) is 0.0853. The molecule has 0 aromatic rings. The van der Waals surface area contributed by atoms with Crippen molar-refractivity contribution in [2.24, 2.45) is 0 Å². The van der Waals surface area contributed by atoms with Gasteiger partial charge < -0.3 is 14.6 Å². The Hall–Kier alpha value is -0.120. The van der Waals surface area contributed by atoms with Crippen LogP contribution in [0.15, 0.2) is 0 Å². The molecule has 1 rings (SSSR count). The minimum Gasteiger partial charge on any atom is -0.390 e. The maximum atomic E-state index is 9.50. The van der Waals surface area contributed by atoms with E-state index in [0.29, 0.717) is 13.0 Å². The van der Waals surface area contributed by atoms with Gasteiger partial charge >= 0.3 is 0 Å². The smallest absolute Gasteiger partial charge is 0.111 e. The summed E-state index contributed by atoms with van der Waals surface area (Å²) in [6, 6.07) is 0. The molecular formula is C8H16O3. The van der Waals surface area contributed by atoms with Crippen molar-refractivity contribution in [3.63, 3.8) is 0 Å². The summed E-state index contributed by atoms with van der Waals surface area (Å²) in [5.41, 5.74) is -0.355. The second kappa shape index (κ2) is 3.09. The van der Waals surface area contributed by atoms with Crippen LogP contribution in [0.1, 0.15) is 20.3 Å². The Balaban J connectivity index is 2.64. The number of hydrogen-bond donors (Lipinski definition) is 1. The van der Waals surface area contributed by atoms with E-state index < -0.39 is 0 Å². The standard InChI is InChI=1S/C8H16O3/c1-8(2)7(10-3)6(9)4-5-11-8/h6-7,9H,4-5H2,1-3H3/t6-,7+/m0/s1. The lowest BCUT2D eigenvalue weighted by atomic mass is 9.92. The molecule has 0 aromatic heterocycles. The fraction of sp³-hybridized carbons (Fsp3) is 1.00. The molecule has 3 nitrogen and oxygen atoms in total. The fourth-order valence-corrected chi connectivity index (χ4v) is 1.58. The van der Waals surface area contributed by atoms with Crippen molar-refractivity contribution in [3.05, 3.63) is 0 Å². The molecule has 66 valence electrons. The van der Waals surface area contributed by atoms with Crippen molar-refractivity contribution in [2.45, 2.75) is 38.1 Å². The second-order valence-electron chi connectivity index (χ2n) is 3.46. The Kier molecular flexibility index (Phi) is 2.52. The molecule has 1 N–H and O–H groups in total. The van der Waals surface area contributed by atoms with E-state index in [9.17, 15) is 5.11 Å². The van der Waals surface area contributed by atoms with Crippen LogP contribution in [0.2, 0.25) is 0 Å². The van der Waals surface area contributed by atoms with E-state index in [1.54, 1.807) is 7.11 Å². The Bertz CT molecular complexity index is 133. The van der Waals surface area contributed by atoms with E-state index >= 15 is 0 Å². The van der Waals surface area contributed by atoms with Crippen LogP contribution in [0.4, 0.5) is 0 Å². The maximum absolute atomic E-state index is 9.50. The van der Waals surface area contributed by atoms with E-state index in [1.165, 1.54) is 0 Å². The summed E-state index contributed by atoms with van der Waals surface area (Å²) < 4.78 is 10.6. The number of rotatable bonds is 1. The zero-order valence-electron chi connectivity index (χ0n) is 7.33. The number of ether oxygens (including phenoxy) is 2. The molecule has 11 heavy (non-hydrogen) atoms. The highest BCUT2D eigenvalue weighted by atomic mass is 16.6. The van der Waals surface area contributed by atoms with Gasteiger partial charge in [-0.05, 0) is 20.3 Å². The molecular weight excluding hydrogens is 144 g/mol. The van der Waals surface area contributed by atoms with E-state index in [4.69, 9.17) is 9.47 Å². The molecule has 0 aliphatic carbocycles. The highest BCUT2D eigenvalue weighted by Crippen LogP contribution is 2.26. The van der Waals surface area contributed by atoms with Gasteiger partial charge in [0.15, 0.2) is 0 Å². The molecule has 0 saturated carbocycles. The van der Waals surface area contributed by atoms with Gasteiger partial charge in [-0.25, -0.2) is 0 Å². The van der Waals surface area contributed by atoms with Crippen LogP contribution in [0.25, 0.3) is 0 Å². The Morgan fingerprint density at radius 1 is 1.55 bits per heavy atom. The SMILES string of the molecule is CO[C@@H]1[C@@H](O)CCOC1(C)C. The van der Waals surface area contributed by atoms with E-state index in [2.05, 4.69) is 0 Å². The lowest BCUT2D eigenvalue weighted by Gasteiger charge is -2.40. The molecule has 1 aliphatic rings. The van der Waals surface area contributed by atoms with Gasteiger partial charge in [0.2, 0.25) is 0 Å². The molecule has 1 fully saturated rings. The van der Waals surface area contributed by atoms with Crippen molar-refractivity contribution in [2.75, 3.05) is 13.7 Å². The van der Waals surface area contributed by atoms with Crippen LogP contribution in [-0.2, 0) is 9.47 Å². The monoisotopic (exact) mass is 160 g/mol. The van der Waals surface area contributed by atoms with Gasteiger partial charge in [-0.15, -0.1) is 0 Å². The van der Waals surface area contributed by atoms with Crippen molar-refractivity contribution in [3.8, 4) is 0 Å². The first kappa shape index (κ1) is 8.97. The highest BCUT2D eigenvalue weighted by molar-refractivity contribution is 4.89. The summed E-state index contributed by atoms with van der Waals surface area (Å²) in [6.45, 7) is 4.49. The van der Waals surface area contributed by atoms with Gasteiger partial charge in [0, 0.05) is 13.7 Å². The molecule has 0 bridgehead atoms. The molecule has 0 amide bonds. The summed E-state index contributed by atoms with van der Waals surface area (Å²) in [5, 5.41) is 9.50. The van der Waals surface area contributed by atoms with Gasteiger partial charge in [-0.2, -0.15) is 0 Å². The minimum absolute atomic E-state index is 0.198. The topological polar surface area (TPSA) is 38.7 Å². The lowest BCUT2D eigenvalue weighted by Crippen LogP contribution is -2.52. The third-order valence-corrected chi connectivity index (χ3v) is 2.18. The van der Waals surface area contributed by atoms with E-state index in [1.807, 2.05) is 13.8 Å². The normalized spacial score (nSPS) is 37.1. The van der Waals surface area contributed by atoms with Crippen molar-refractivity contribution < 1.29 is 14.6 Å². The number of aliphatic hydroxyl groups is 1. The maximum Gasteiger partial charge on any atom is 0.111 e. The Morgan fingerprint density at radius 3 is 2.55 bits per heavy atom. The largest absolute Gasteiger partial charge is 0.390 e. The number of methoxy groups -OCH3 is 1. The quantitative estimate of drug-likeness (QED) is 0.609. The summed E-state index contributed by atoms with van der Waals surface area (Å²) in [5.74, 6) is 0. The van der Waals surface area contributed by atoms with E-state index in [0.717, 1.165) is 0 Å². The average Bonchev–Trinajstić information content (AvgIpc) is 1.86. The molecule has 0 aromatic carbocycles. The fourth-order valence-electron chi connectivity index (χ4n) is 1.58. The van der Waals surface area contributed by atoms with Crippen LogP contribution >= 0.6 is 0 Å². The molecule has 1 aliphatic heterocycles. The first-order valence-corrected chi connectivity index (χ1v) is 3.93. The number of aliphatic hydroxyl groups excluding tert-OH is 1. The summed E-state index contributed by atoms with van der Waals surface area (Å²) in [4.78, 5) is 0. The zero-order chi connectivity index (χ0) is 8.48. The van der Waals surface area contributed by atoms with Crippen molar-refractivity contribution in [1.82, 2.24) is 0 Å². The molecule has 1 saturated heterocycles. The molecule has 0 spiro atoms. The number of hydrogen-bond acceptors (Lipinski definition) is 3. The first-order chi connectivity index (χ1) is 5.08. The summed E-state index contributed by atoms with van der Waals surface area (Å²) in [7, 11) is 1.60. The van der Waals surface area contributed by atoms with E-state index in [-0.39, 0.29) is 17.8 Å². The molecule has 1 heterocycles. The van der Waals surface area contributed by atoms with Gasteiger partial charge in [0.05, 0.1) is 11.7 Å². The molecule has 2 atom stereocenters. The Morgan fingerprint density at radius 2 is 2.18 bits per heavy atom. The summed E-state index contributed by atoms with van der Waals surface area (Å²) >= 11 is 0. The first-order valence-electron chi connectivity index (χ1n) is 3.93. The van der Waals surface area contributed by atoms with Crippen molar-refractivity contribution in [1.29, 1.82) is 0 Å². The third kappa shape index (κ3) is 1.72. The second-order valence-corrected chi connectivity index (χ2v) is 3.46. The highest BCUT2D eigenvalue weighted by Gasteiger charge is 2.39. The predicted octanol–water partition coefficient (Wildman–Crippen LogP) is 0.561. The average molecular weight is 160 g/mol. The van der Waals surface area contributed by atoms with Crippen molar-refractivity contribution >= 4 is 0 Å².